The molecule has 0 heterocycles. The molecule has 2 unspecified atom stereocenters. The first-order valence-corrected chi connectivity index (χ1v) is 5.77. The van der Waals surface area contributed by atoms with Crippen molar-refractivity contribution in [2.45, 2.75) is 71.4 Å². The number of hydrogen-bond acceptors (Lipinski definition) is 2. The van der Waals surface area contributed by atoms with Crippen molar-refractivity contribution in [3.05, 3.63) is 0 Å². The van der Waals surface area contributed by atoms with Gasteiger partial charge in [-0.3, -0.25) is 5.32 Å². The number of nitriles is 1. The molecule has 0 radical (unpaired) electrons. The van der Waals surface area contributed by atoms with Gasteiger partial charge < -0.3 is 0 Å². The maximum absolute atomic E-state index is 9.12. The zero-order valence-corrected chi connectivity index (χ0v) is 10.1. The van der Waals surface area contributed by atoms with Gasteiger partial charge in [0.1, 0.15) is 5.54 Å². The molecular weight excluding hydrogens is 172 g/mol. The molecule has 0 amide bonds. The van der Waals surface area contributed by atoms with Crippen molar-refractivity contribution in [3.63, 3.8) is 0 Å². The maximum Gasteiger partial charge on any atom is 0.104 e. The minimum absolute atomic E-state index is 0.329. The van der Waals surface area contributed by atoms with Crippen molar-refractivity contribution in [1.82, 2.24) is 5.32 Å². The van der Waals surface area contributed by atoms with Crippen molar-refractivity contribution in [2.75, 3.05) is 0 Å². The summed E-state index contributed by atoms with van der Waals surface area (Å²) in [6, 6.07) is 2.82. The van der Waals surface area contributed by atoms with Crippen LogP contribution < -0.4 is 5.32 Å². The molecule has 14 heavy (non-hydrogen) atoms. The van der Waals surface area contributed by atoms with Gasteiger partial charge in [-0.15, -0.1) is 0 Å². The van der Waals surface area contributed by atoms with E-state index in [-0.39, 0.29) is 5.54 Å². The summed E-state index contributed by atoms with van der Waals surface area (Å²) in [5.74, 6) is 0. The minimum Gasteiger partial charge on any atom is -0.297 e. The molecule has 2 atom stereocenters. The van der Waals surface area contributed by atoms with E-state index in [1.807, 2.05) is 6.92 Å². The Morgan fingerprint density at radius 1 is 1.36 bits per heavy atom. The Hall–Kier alpha value is -0.550. The number of nitrogens with zero attached hydrogens (tertiary/aromatic N) is 1. The predicted molar refractivity (Wildman–Crippen MR) is 61.0 cm³/mol. The normalized spacial score (nSPS) is 17.1. The molecule has 0 saturated carbocycles. The molecule has 82 valence electrons. The highest BCUT2D eigenvalue weighted by atomic mass is 15.0. The zero-order valence-electron chi connectivity index (χ0n) is 10.1. The number of hydrogen-bond donors (Lipinski definition) is 1. The minimum atomic E-state index is -0.329. The smallest absolute Gasteiger partial charge is 0.104 e. The van der Waals surface area contributed by atoms with E-state index < -0.39 is 0 Å². The first-order valence-electron chi connectivity index (χ1n) is 5.77. The van der Waals surface area contributed by atoms with E-state index in [4.69, 9.17) is 5.26 Å². The molecule has 0 aliphatic rings. The highest BCUT2D eigenvalue weighted by Gasteiger charge is 2.23. The SMILES string of the molecule is CCCCCC(C)(C#N)NC(C)CC. The lowest BCUT2D eigenvalue weighted by Gasteiger charge is -2.27. The van der Waals surface area contributed by atoms with E-state index in [0.717, 1.165) is 19.3 Å². The van der Waals surface area contributed by atoms with Crippen molar-refractivity contribution < 1.29 is 0 Å². The maximum atomic E-state index is 9.12. The third-order valence-corrected chi connectivity index (χ3v) is 2.70. The first kappa shape index (κ1) is 13.4. The molecule has 0 rings (SSSR count). The molecule has 0 saturated heterocycles. The predicted octanol–water partition coefficient (Wildman–Crippen LogP) is 3.24. The van der Waals surface area contributed by atoms with Crippen LogP contribution in [0.2, 0.25) is 0 Å². The Morgan fingerprint density at radius 3 is 2.43 bits per heavy atom. The van der Waals surface area contributed by atoms with Crippen LogP contribution in [0.1, 0.15) is 59.8 Å². The Morgan fingerprint density at radius 2 is 2.00 bits per heavy atom. The monoisotopic (exact) mass is 196 g/mol. The van der Waals surface area contributed by atoms with Crippen LogP contribution in [0.3, 0.4) is 0 Å². The number of rotatable bonds is 7. The third-order valence-electron chi connectivity index (χ3n) is 2.70. The highest BCUT2D eigenvalue weighted by Crippen LogP contribution is 2.15. The second-order valence-corrected chi connectivity index (χ2v) is 4.35. The molecule has 0 aliphatic carbocycles. The van der Waals surface area contributed by atoms with E-state index in [9.17, 15) is 0 Å². The summed E-state index contributed by atoms with van der Waals surface area (Å²) < 4.78 is 0. The second-order valence-electron chi connectivity index (χ2n) is 4.35. The van der Waals surface area contributed by atoms with Crippen LogP contribution >= 0.6 is 0 Å². The fourth-order valence-electron chi connectivity index (χ4n) is 1.53. The summed E-state index contributed by atoms with van der Waals surface area (Å²) in [4.78, 5) is 0. The van der Waals surface area contributed by atoms with Crippen LogP contribution in [0.4, 0.5) is 0 Å². The van der Waals surface area contributed by atoms with Crippen molar-refractivity contribution in [3.8, 4) is 6.07 Å². The van der Waals surface area contributed by atoms with Gasteiger partial charge in [-0.05, 0) is 26.7 Å². The van der Waals surface area contributed by atoms with Crippen molar-refractivity contribution >= 4 is 0 Å². The number of unbranched alkanes of at least 4 members (excludes halogenated alkanes) is 2. The van der Waals surface area contributed by atoms with Crippen molar-refractivity contribution in [2.24, 2.45) is 0 Å². The van der Waals surface area contributed by atoms with Crippen LogP contribution in [0.5, 0.6) is 0 Å². The molecule has 0 spiro atoms. The molecular formula is C12H24N2. The average Bonchev–Trinajstić information content (AvgIpc) is 2.18. The van der Waals surface area contributed by atoms with Gasteiger partial charge in [-0.2, -0.15) is 5.26 Å². The van der Waals surface area contributed by atoms with E-state index in [2.05, 4.69) is 32.2 Å². The quantitative estimate of drug-likeness (QED) is 0.634. The molecule has 0 aromatic carbocycles. The van der Waals surface area contributed by atoms with Crippen LogP contribution in [0.25, 0.3) is 0 Å². The highest BCUT2D eigenvalue weighted by molar-refractivity contribution is 5.04. The molecule has 0 aliphatic heterocycles. The molecule has 0 bridgehead atoms. The van der Waals surface area contributed by atoms with E-state index in [0.29, 0.717) is 6.04 Å². The lowest BCUT2D eigenvalue weighted by atomic mass is 9.95. The first-order chi connectivity index (χ1) is 6.58. The van der Waals surface area contributed by atoms with Crippen LogP contribution in [0.15, 0.2) is 0 Å². The summed E-state index contributed by atoms with van der Waals surface area (Å²) in [5.41, 5.74) is -0.329. The summed E-state index contributed by atoms with van der Waals surface area (Å²) in [5, 5.41) is 12.5. The lowest BCUT2D eigenvalue weighted by molar-refractivity contribution is 0.353. The zero-order chi connectivity index (χ0) is 11.0. The lowest BCUT2D eigenvalue weighted by Crippen LogP contribution is -2.45. The second kappa shape index (κ2) is 6.84. The van der Waals surface area contributed by atoms with Crippen LogP contribution in [-0.4, -0.2) is 11.6 Å². The van der Waals surface area contributed by atoms with Gasteiger partial charge in [-0.1, -0.05) is 33.1 Å². The van der Waals surface area contributed by atoms with Gasteiger partial charge in [-0.25, -0.2) is 0 Å². The molecule has 0 fully saturated rings. The van der Waals surface area contributed by atoms with Gasteiger partial charge in [0.25, 0.3) is 0 Å². The molecule has 2 heteroatoms. The molecule has 0 aromatic rings. The molecule has 2 nitrogen and oxygen atoms in total. The van der Waals surface area contributed by atoms with Crippen molar-refractivity contribution in [1.29, 1.82) is 5.26 Å². The topological polar surface area (TPSA) is 35.8 Å². The fourth-order valence-corrected chi connectivity index (χ4v) is 1.53. The Labute approximate surface area is 88.7 Å². The van der Waals surface area contributed by atoms with Crippen LogP contribution in [-0.2, 0) is 0 Å². The largest absolute Gasteiger partial charge is 0.297 e. The summed E-state index contributed by atoms with van der Waals surface area (Å²) in [7, 11) is 0. The van der Waals surface area contributed by atoms with E-state index >= 15 is 0 Å². The average molecular weight is 196 g/mol. The van der Waals surface area contributed by atoms with Crippen LogP contribution in [0, 0.1) is 11.3 Å². The molecule has 0 aromatic heterocycles. The van der Waals surface area contributed by atoms with Gasteiger partial charge in [0.15, 0.2) is 0 Å². The van der Waals surface area contributed by atoms with Gasteiger partial charge in [0, 0.05) is 6.04 Å². The Bertz CT molecular complexity index is 183. The van der Waals surface area contributed by atoms with E-state index in [1.165, 1.54) is 12.8 Å². The Kier molecular flexibility index (Phi) is 6.57. The fraction of sp³-hybridized carbons (Fsp3) is 0.917. The third kappa shape index (κ3) is 5.24. The van der Waals surface area contributed by atoms with E-state index in [1.54, 1.807) is 0 Å². The van der Waals surface area contributed by atoms with Gasteiger partial charge in [0.05, 0.1) is 6.07 Å². The van der Waals surface area contributed by atoms with Gasteiger partial charge >= 0.3 is 0 Å². The summed E-state index contributed by atoms with van der Waals surface area (Å²) in [6.07, 6.45) is 5.61. The summed E-state index contributed by atoms with van der Waals surface area (Å²) >= 11 is 0. The number of nitrogens with one attached hydrogen (secondary N) is 1. The standard InChI is InChI=1S/C12H24N2/c1-5-7-8-9-12(4,10-13)14-11(3)6-2/h11,14H,5-9H2,1-4H3. The summed E-state index contributed by atoms with van der Waals surface area (Å²) in [6.45, 7) is 8.47. The van der Waals surface area contributed by atoms with Gasteiger partial charge in [0.2, 0.25) is 0 Å². The Balaban J connectivity index is 3.99. The molecule has 1 N–H and O–H groups in total.